The number of ether oxygens (including phenoxy) is 8. The molecular weight excluding hydrogens is 667 g/mol. The molecule has 0 spiro atoms. The fourth-order valence-corrected chi connectivity index (χ4v) is 4.19. The fourth-order valence-electron chi connectivity index (χ4n) is 3.27. The molecule has 0 aliphatic rings. The summed E-state index contributed by atoms with van der Waals surface area (Å²) in [6.45, 7) is 3.24. The minimum Gasteiger partial charge on any atom is -0.420 e. The summed E-state index contributed by atoms with van der Waals surface area (Å²) in [7, 11) is -3.79. The molecule has 2 rings (SSSR count). The van der Waals surface area contributed by atoms with Gasteiger partial charge in [0, 0.05) is 0 Å². The van der Waals surface area contributed by atoms with Crippen molar-refractivity contribution in [1.82, 2.24) is 0 Å². The first-order chi connectivity index (χ1) is 22.6. The molecule has 0 aromatic heterocycles. The van der Waals surface area contributed by atoms with Gasteiger partial charge in [-0.3, -0.25) is 8.98 Å². The molecule has 2 aromatic rings. The van der Waals surface area contributed by atoms with Gasteiger partial charge in [-0.2, -0.15) is 17.2 Å². The first-order valence-corrected chi connectivity index (χ1v) is 15.8. The third kappa shape index (κ3) is 16.2. The van der Waals surface area contributed by atoms with Crippen molar-refractivity contribution in [3.63, 3.8) is 0 Å². The van der Waals surface area contributed by atoms with Gasteiger partial charge in [0.1, 0.15) is 0 Å². The van der Waals surface area contributed by atoms with E-state index in [1.54, 1.807) is 18.2 Å². The van der Waals surface area contributed by atoms with Crippen molar-refractivity contribution in [2.45, 2.75) is 11.3 Å². The topological polar surface area (TPSA) is 134 Å². The Hall–Kier alpha value is -2.81. The van der Waals surface area contributed by atoms with Crippen LogP contribution in [0.5, 0.6) is 5.75 Å². The molecule has 12 nitrogen and oxygen atoms in total. The van der Waals surface area contributed by atoms with E-state index in [9.17, 15) is 35.2 Å². The molecule has 0 fully saturated rings. The maximum Gasteiger partial charge on any atom is 0.313 e. The lowest BCUT2D eigenvalue weighted by Gasteiger charge is -2.09. The van der Waals surface area contributed by atoms with Gasteiger partial charge in [0.05, 0.1) is 110 Å². The number of benzene rings is 2. The first kappa shape index (κ1) is 40.4. The van der Waals surface area contributed by atoms with Crippen LogP contribution in [0, 0.1) is 29.1 Å². The monoisotopic (exact) mass is 704 g/mol. The standard InChI is InChI=1S/C29H37F5O12S/c30-24-25(31)27(33)29(28(34)26(24)32)46-23(35)6-7-38-8-9-39-10-11-40-12-13-41-14-15-42-16-17-43-18-19-44-20-21-45-47(36,37)22-4-2-1-3-5-22/h1-5H,6-21H2. The third-order valence-corrected chi connectivity index (χ3v) is 6.89. The predicted molar refractivity (Wildman–Crippen MR) is 152 cm³/mol. The van der Waals surface area contributed by atoms with Crippen LogP contribution >= 0.6 is 0 Å². The van der Waals surface area contributed by atoms with Gasteiger partial charge in [-0.25, -0.2) is 13.2 Å². The molecule has 266 valence electrons. The Labute approximate surface area is 269 Å². The summed E-state index contributed by atoms with van der Waals surface area (Å²) in [4.78, 5) is 11.7. The molecule has 18 heteroatoms. The van der Waals surface area contributed by atoms with Gasteiger partial charge in [-0.05, 0) is 12.1 Å². The largest absolute Gasteiger partial charge is 0.420 e. The van der Waals surface area contributed by atoms with E-state index in [0.717, 1.165) is 0 Å². The highest BCUT2D eigenvalue weighted by Gasteiger charge is 2.28. The Morgan fingerprint density at radius 3 is 1.23 bits per heavy atom. The van der Waals surface area contributed by atoms with Gasteiger partial charge >= 0.3 is 5.97 Å². The molecule has 47 heavy (non-hydrogen) atoms. The number of esters is 1. The van der Waals surface area contributed by atoms with Crippen molar-refractivity contribution in [3.05, 3.63) is 59.4 Å². The molecule has 0 saturated carbocycles. The van der Waals surface area contributed by atoms with Crippen LogP contribution in [-0.2, 0) is 52.3 Å². The Kier molecular flexibility index (Phi) is 20.2. The smallest absolute Gasteiger partial charge is 0.313 e. The Bertz CT molecular complexity index is 1260. The molecule has 0 atom stereocenters. The lowest BCUT2D eigenvalue weighted by Crippen LogP contribution is -2.16. The normalized spacial score (nSPS) is 11.7. The second-order valence-electron chi connectivity index (χ2n) is 9.00. The minimum absolute atomic E-state index is 0.0665. The van der Waals surface area contributed by atoms with E-state index in [4.69, 9.17) is 37.3 Å². The summed E-state index contributed by atoms with van der Waals surface area (Å²) < 4.78 is 136. The SMILES string of the molecule is O=C(CCOCCOCCOCCOCCOCCOCCOCCOS(=O)(=O)c1ccccc1)Oc1c(F)c(F)c(F)c(F)c1F. The average molecular weight is 705 g/mol. The maximum absolute atomic E-state index is 13.5. The van der Waals surface area contributed by atoms with Crippen LogP contribution in [0.4, 0.5) is 22.0 Å². The summed E-state index contributed by atoms with van der Waals surface area (Å²) in [5.74, 6) is -14.2. The lowest BCUT2D eigenvalue weighted by molar-refractivity contribution is -0.136. The van der Waals surface area contributed by atoms with Crippen molar-refractivity contribution in [3.8, 4) is 5.75 Å². The average Bonchev–Trinajstić information content (AvgIpc) is 3.07. The Morgan fingerprint density at radius 1 is 0.489 bits per heavy atom. The van der Waals surface area contributed by atoms with Gasteiger partial charge in [0.25, 0.3) is 10.1 Å². The predicted octanol–water partition coefficient (Wildman–Crippen LogP) is 3.20. The third-order valence-electron chi connectivity index (χ3n) is 5.57. The van der Waals surface area contributed by atoms with Crippen LogP contribution in [0.1, 0.15) is 6.42 Å². The van der Waals surface area contributed by atoms with Crippen molar-refractivity contribution >= 4 is 16.1 Å². The highest BCUT2D eigenvalue weighted by molar-refractivity contribution is 7.86. The van der Waals surface area contributed by atoms with E-state index in [1.807, 2.05) is 0 Å². The van der Waals surface area contributed by atoms with Crippen molar-refractivity contribution in [2.24, 2.45) is 0 Å². The van der Waals surface area contributed by atoms with Crippen molar-refractivity contribution < 1.29 is 77.2 Å². The van der Waals surface area contributed by atoms with Crippen LogP contribution in [0.3, 0.4) is 0 Å². The summed E-state index contributed by atoms with van der Waals surface area (Å²) in [6.07, 6.45) is -0.498. The quantitative estimate of drug-likeness (QED) is 0.0257. The van der Waals surface area contributed by atoms with E-state index < -0.39 is 57.3 Å². The number of hydrogen-bond donors (Lipinski definition) is 0. The van der Waals surface area contributed by atoms with Crippen LogP contribution in [0.15, 0.2) is 35.2 Å². The molecule has 0 aliphatic carbocycles. The lowest BCUT2D eigenvalue weighted by atomic mass is 10.2. The molecule has 2 aromatic carbocycles. The molecule has 0 amide bonds. The van der Waals surface area contributed by atoms with Gasteiger partial charge < -0.3 is 37.9 Å². The Morgan fingerprint density at radius 2 is 0.830 bits per heavy atom. The van der Waals surface area contributed by atoms with E-state index in [1.165, 1.54) is 12.1 Å². The zero-order valence-electron chi connectivity index (χ0n) is 25.4. The summed E-state index contributed by atoms with van der Waals surface area (Å²) in [6, 6.07) is 7.83. The maximum atomic E-state index is 13.5. The number of hydrogen-bond acceptors (Lipinski definition) is 12. The molecule has 0 radical (unpaired) electrons. The van der Waals surface area contributed by atoms with E-state index in [2.05, 4.69) is 4.74 Å². The zero-order valence-corrected chi connectivity index (χ0v) is 26.2. The first-order valence-electron chi connectivity index (χ1n) is 14.4. The van der Waals surface area contributed by atoms with Crippen molar-refractivity contribution in [1.29, 1.82) is 0 Å². The summed E-state index contributed by atoms with van der Waals surface area (Å²) >= 11 is 0. The van der Waals surface area contributed by atoms with Gasteiger partial charge in [-0.15, -0.1) is 0 Å². The van der Waals surface area contributed by atoms with Crippen LogP contribution in [0.2, 0.25) is 0 Å². The number of carbonyl (C=O) groups is 1. The van der Waals surface area contributed by atoms with Gasteiger partial charge in [0.2, 0.25) is 34.8 Å². The van der Waals surface area contributed by atoms with Crippen LogP contribution in [0.25, 0.3) is 0 Å². The molecule has 0 bridgehead atoms. The van der Waals surface area contributed by atoms with Crippen molar-refractivity contribution in [2.75, 3.05) is 99.1 Å². The molecule has 0 heterocycles. The number of carbonyl (C=O) groups excluding carboxylic acids is 1. The highest BCUT2D eigenvalue weighted by atomic mass is 32.2. The second-order valence-corrected chi connectivity index (χ2v) is 10.6. The zero-order chi connectivity index (χ0) is 34.3. The van der Waals surface area contributed by atoms with E-state index in [0.29, 0.717) is 46.2 Å². The second kappa shape index (κ2) is 23.5. The molecule has 0 aliphatic heterocycles. The van der Waals surface area contributed by atoms with Gasteiger partial charge in [-0.1, -0.05) is 18.2 Å². The molecule has 0 saturated heterocycles. The van der Waals surface area contributed by atoms with Crippen LogP contribution < -0.4 is 4.74 Å². The van der Waals surface area contributed by atoms with E-state index >= 15 is 0 Å². The highest BCUT2D eigenvalue weighted by Crippen LogP contribution is 2.29. The van der Waals surface area contributed by atoms with E-state index in [-0.39, 0.29) is 57.8 Å². The van der Waals surface area contributed by atoms with Crippen LogP contribution in [-0.4, -0.2) is 113 Å². The Balaban J connectivity index is 1.28. The summed E-state index contributed by atoms with van der Waals surface area (Å²) in [5.41, 5.74) is 0. The summed E-state index contributed by atoms with van der Waals surface area (Å²) in [5, 5.41) is 0. The number of rotatable bonds is 27. The fraction of sp³-hybridized carbons (Fsp3) is 0.552. The minimum atomic E-state index is -3.79. The molecule has 0 unspecified atom stereocenters. The molecular formula is C29H37F5O12S. The molecule has 0 N–H and O–H groups in total. The number of halogens is 5. The van der Waals surface area contributed by atoms with Gasteiger partial charge in [0.15, 0.2) is 0 Å².